The lowest BCUT2D eigenvalue weighted by atomic mass is 9.72. The summed E-state index contributed by atoms with van der Waals surface area (Å²) in [6.07, 6.45) is 3.20. The van der Waals surface area contributed by atoms with Crippen LogP contribution in [0.15, 0.2) is 37.0 Å². The van der Waals surface area contributed by atoms with Gasteiger partial charge in [0.25, 0.3) is 0 Å². The van der Waals surface area contributed by atoms with Crippen LogP contribution in [-0.2, 0) is 16.0 Å². The van der Waals surface area contributed by atoms with Crippen LogP contribution in [0.5, 0.6) is 0 Å². The third-order valence-corrected chi connectivity index (χ3v) is 10.2. The van der Waals surface area contributed by atoms with E-state index in [1.54, 1.807) is 12.2 Å². The van der Waals surface area contributed by atoms with Crippen LogP contribution in [0.4, 0.5) is 26.3 Å². The van der Waals surface area contributed by atoms with Gasteiger partial charge >= 0.3 is 12.4 Å². The molecule has 41 heavy (non-hydrogen) atoms. The van der Waals surface area contributed by atoms with Crippen LogP contribution in [0, 0.1) is 23.7 Å². The number of halogens is 6. The minimum absolute atomic E-state index is 0.00183. The number of rotatable bonds is 9. The summed E-state index contributed by atoms with van der Waals surface area (Å²) in [5.74, 6) is -2.71. The molecule has 0 spiro atoms. The first-order chi connectivity index (χ1) is 19.3. The molecule has 6 nitrogen and oxygen atoms in total. The van der Waals surface area contributed by atoms with E-state index in [1.807, 2.05) is 19.1 Å². The summed E-state index contributed by atoms with van der Waals surface area (Å²) in [4.78, 5) is 3.94. The number of allylic oxidation sites excluding steroid dienone is 3. The lowest BCUT2D eigenvalue weighted by Gasteiger charge is -2.45. The Morgan fingerprint density at radius 2 is 1.41 bits per heavy atom. The summed E-state index contributed by atoms with van der Waals surface area (Å²) in [7, 11) is 0. The van der Waals surface area contributed by atoms with Gasteiger partial charge in [-0.3, -0.25) is 4.68 Å². The second-order valence-corrected chi connectivity index (χ2v) is 13.2. The molecular formula is C28H39F6N3O3S. The molecule has 2 unspecified atom stereocenters. The van der Waals surface area contributed by atoms with Gasteiger partial charge in [-0.2, -0.15) is 31.4 Å². The number of aromatic nitrogens is 3. The molecule has 232 valence electrons. The Morgan fingerprint density at radius 3 is 1.95 bits per heavy atom. The lowest BCUT2D eigenvalue weighted by molar-refractivity contribution is -0.189. The van der Waals surface area contributed by atoms with Gasteiger partial charge in [0.2, 0.25) is 0 Å². The van der Waals surface area contributed by atoms with E-state index < -0.39 is 36.1 Å². The molecule has 0 aromatic carbocycles. The predicted molar refractivity (Wildman–Crippen MR) is 143 cm³/mol. The average Bonchev–Trinajstić information content (AvgIpc) is 3.44. The van der Waals surface area contributed by atoms with Crippen molar-refractivity contribution in [1.82, 2.24) is 14.8 Å². The van der Waals surface area contributed by atoms with E-state index in [0.29, 0.717) is 26.1 Å². The first kappa shape index (κ1) is 32.3. The van der Waals surface area contributed by atoms with Crippen molar-refractivity contribution < 1.29 is 40.9 Å². The van der Waals surface area contributed by atoms with Gasteiger partial charge in [0.15, 0.2) is 6.29 Å². The van der Waals surface area contributed by atoms with Gasteiger partial charge in [0.05, 0.1) is 42.4 Å². The molecule has 3 aliphatic rings. The summed E-state index contributed by atoms with van der Waals surface area (Å²) in [6.45, 7) is 2.76. The fourth-order valence-electron chi connectivity index (χ4n) is 6.20. The third-order valence-electron chi connectivity index (χ3n) is 8.77. The smallest absolute Gasteiger partial charge is 0.387 e. The van der Waals surface area contributed by atoms with Gasteiger partial charge in [-0.1, -0.05) is 25.2 Å². The van der Waals surface area contributed by atoms with Crippen molar-refractivity contribution in [3.8, 4) is 0 Å². The maximum Gasteiger partial charge on any atom is 0.391 e. The average molecular weight is 612 g/mol. The van der Waals surface area contributed by atoms with E-state index in [0.717, 1.165) is 0 Å². The molecule has 2 aliphatic carbocycles. The van der Waals surface area contributed by atoms with E-state index in [-0.39, 0.29) is 67.4 Å². The van der Waals surface area contributed by atoms with Crippen LogP contribution in [0.25, 0.3) is 0 Å². The summed E-state index contributed by atoms with van der Waals surface area (Å²) >= 11 is 1.50. The van der Waals surface area contributed by atoms with Gasteiger partial charge < -0.3 is 14.6 Å². The van der Waals surface area contributed by atoms with Crippen LogP contribution in [0.1, 0.15) is 58.3 Å². The molecule has 1 N–H and O–H groups in total. The normalized spacial score (nSPS) is 32.8. The Kier molecular flexibility index (Phi) is 10.9. The van der Waals surface area contributed by atoms with Crippen molar-refractivity contribution in [3.63, 3.8) is 0 Å². The van der Waals surface area contributed by atoms with E-state index in [2.05, 4.69) is 10.1 Å². The molecule has 0 radical (unpaired) electrons. The molecule has 1 saturated heterocycles. The van der Waals surface area contributed by atoms with Crippen LogP contribution >= 0.6 is 11.8 Å². The highest BCUT2D eigenvalue weighted by molar-refractivity contribution is 8.00. The fourth-order valence-corrected chi connectivity index (χ4v) is 7.59. The molecule has 1 aromatic heterocycles. The minimum Gasteiger partial charge on any atom is -0.387 e. The molecule has 1 aliphatic heterocycles. The first-order valence-corrected chi connectivity index (χ1v) is 15.2. The minimum atomic E-state index is -4.22. The van der Waals surface area contributed by atoms with Crippen molar-refractivity contribution in [1.29, 1.82) is 0 Å². The SMILES string of the molecule is CC(SC1COC(/C=C/C=C/C2CCC(C(F)(F)F)CC2)OC1)C(O)(Cn1cncn1)C1CCC(C(F)(F)F)CC1. The lowest BCUT2D eigenvalue weighted by Crippen LogP contribution is -2.52. The molecule has 2 atom stereocenters. The number of hydrogen-bond donors (Lipinski definition) is 1. The Bertz CT molecular complexity index is 981. The predicted octanol–water partition coefficient (Wildman–Crippen LogP) is 6.72. The van der Waals surface area contributed by atoms with Gasteiger partial charge in [0, 0.05) is 5.25 Å². The molecule has 0 amide bonds. The van der Waals surface area contributed by atoms with Crippen molar-refractivity contribution >= 4 is 11.8 Å². The number of nitrogens with zero attached hydrogens (tertiary/aromatic N) is 3. The zero-order valence-electron chi connectivity index (χ0n) is 23.1. The van der Waals surface area contributed by atoms with Crippen molar-refractivity contribution in [2.24, 2.45) is 23.7 Å². The Labute approximate surface area is 240 Å². The highest BCUT2D eigenvalue weighted by atomic mass is 32.2. The van der Waals surface area contributed by atoms with Gasteiger partial charge in [0.1, 0.15) is 12.7 Å². The number of thioether (sulfide) groups is 1. The second kappa shape index (κ2) is 13.8. The molecule has 0 bridgehead atoms. The molecule has 1 aromatic rings. The Hall–Kier alpha value is -1.57. The molecule has 4 rings (SSSR count). The summed E-state index contributed by atoms with van der Waals surface area (Å²) in [6, 6.07) is 0. The summed E-state index contributed by atoms with van der Waals surface area (Å²) < 4.78 is 91.4. The topological polar surface area (TPSA) is 69.4 Å². The monoisotopic (exact) mass is 611 g/mol. The zero-order chi connectivity index (χ0) is 29.7. The van der Waals surface area contributed by atoms with Crippen molar-refractivity contribution in [2.75, 3.05) is 13.2 Å². The van der Waals surface area contributed by atoms with Crippen LogP contribution in [0.2, 0.25) is 0 Å². The molecule has 2 heterocycles. The Balaban J connectivity index is 1.25. The highest BCUT2D eigenvalue weighted by Gasteiger charge is 2.49. The van der Waals surface area contributed by atoms with Gasteiger partial charge in [-0.05, 0) is 69.3 Å². The van der Waals surface area contributed by atoms with Gasteiger partial charge in [-0.25, -0.2) is 4.98 Å². The standard InChI is InChI=1S/C28H39F6N3O3S/c1-19(26(38,16-37-18-35-17-36-37)21-10-12-23(13-11-21)28(32,33)34)41-24-14-39-25(40-15-24)5-3-2-4-20-6-8-22(9-7-20)27(29,30)31/h2-5,17-25,38H,6-16H2,1H3/b4-2+,5-3+. The van der Waals surface area contributed by atoms with Crippen LogP contribution in [0.3, 0.4) is 0 Å². The van der Waals surface area contributed by atoms with Crippen LogP contribution in [-0.4, -0.2) is 67.8 Å². The van der Waals surface area contributed by atoms with Crippen molar-refractivity contribution in [3.05, 3.63) is 37.0 Å². The first-order valence-electron chi connectivity index (χ1n) is 14.3. The molecule has 3 fully saturated rings. The second-order valence-electron chi connectivity index (χ2n) is 11.5. The van der Waals surface area contributed by atoms with E-state index in [1.165, 1.54) is 29.1 Å². The van der Waals surface area contributed by atoms with Gasteiger partial charge in [-0.15, -0.1) is 11.8 Å². The maximum atomic E-state index is 13.2. The number of aliphatic hydroxyl groups is 1. The summed E-state index contributed by atoms with van der Waals surface area (Å²) in [5.41, 5.74) is -1.30. The fraction of sp³-hybridized carbons (Fsp3) is 0.786. The van der Waals surface area contributed by atoms with E-state index in [4.69, 9.17) is 9.47 Å². The number of ether oxygens (including phenoxy) is 2. The number of hydrogen-bond acceptors (Lipinski definition) is 6. The Morgan fingerprint density at radius 1 is 0.878 bits per heavy atom. The van der Waals surface area contributed by atoms with E-state index in [9.17, 15) is 31.4 Å². The van der Waals surface area contributed by atoms with Crippen molar-refractivity contribution in [2.45, 2.75) is 99.6 Å². The molecule has 2 saturated carbocycles. The molecule has 13 heteroatoms. The maximum absolute atomic E-state index is 13.2. The highest BCUT2D eigenvalue weighted by Crippen LogP contribution is 2.46. The third kappa shape index (κ3) is 8.96. The summed E-state index contributed by atoms with van der Waals surface area (Å²) in [5, 5.41) is 15.6. The van der Waals surface area contributed by atoms with Crippen LogP contribution < -0.4 is 0 Å². The number of alkyl halides is 6. The molecular weight excluding hydrogens is 572 g/mol. The van der Waals surface area contributed by atoms with E-state index >= 15 is 0 Å². The largest absolute Gasteiger partial charge is 0.391 e. The quantitative estimate of drug-likeness (QED) is 0.247. The zero-order valence-corrected chi connectivity index (χ0v) is 23.9.